The molecule has 100 valence electrons. The van der Waals surface area contributed by atoms with Crippen LogP contribution in [0.4, 0.5) is 0 Å². The molecule has 1 aliphatic rings. The van der Waals surface area contributed by atoms with Gasteiger partial charge in [-0.25, -0.2) is 0 Å². The van der Waals surface area contributed by atoms with E-state index in [-0.39, 0.29) is 6.10 Å². The third-order valence-electron chi connectivity index (χ3n) is 3.36. The van der Waals surface area contributed by atoms with Crippen LogP contribution in [0.25, 0.3) is 0 Å². The summed E-state index contributed by atoms with van der Waals surface area (Å²) in [6.07, 6.45) is 1.64. The van der Waals surface area contributed by atoms with Gasteiger partial charge in [-0.15, -0.1) is 0 Å². The van der Waals surface area contributed by atoms with Gasteiger partial charge in [-0.1, -0.05) is 11.6 Å². The van der Waals surface area contributed by atoms with Crippen molar-refractivity contribution >= 4 is 11.6 Å². The molecule has 0 aromatic heterocycles. The summed E-state index contributed by atoms with van der Waals surface area (Å²) in [5.74, 6) is 0.869. The van der Waals surface area contributed by atoms with Crippen molar-refractivity contribution in [3.05, 3.63) is 28.8 Å². The van der Waals surface area contributed by atoms with Gasteiger partial charge in [-0.3, -0.25) is 4.90 Å². The second kappa shape index (κ2) is 6.41. The van der Waals surface area contributed by atoms with Gasteiger partial charge in [0.1, 0.15) is 12.4 Å². The standard InChI is InChI=1S/C14H20ClNO2/c1-11-10-13(2-3-14(11)15)18-9-8-16-6-4-12(17)5-7-16/h2-3,10,12,17H,4-9H2,1H3. The van der Waals surface area contributed by atoms with Gasteiger partial charge in [0.25, 0.3) is 0 Å². The van der Waals surface area contributed by atoms with E-state index in [1.165, 1.54) is 0 Å². The van der Waals surface area contributed by atoms with Crippen LogP contribution in [-0.4, -0.2) is 42.4 Å². The summed E-state index contributed by atoms with van der Waals surface area (Å²) in [5, 5.41) is 10.2. The summed E-state index contributed by atoms with van der Waals surface area (Å²) >= 11 is 5.96. The highest BCUT2D eigenvalue weighted by atomic mass is 35.5. The summed E-state index contributed by atoms with van der Waals surface area (Å²) < 4.78 is 5.71. The van der Waals surface area contributed by atoms with Crippen LogP contribution in [0.5, 0.6) is 5.75 Å². The van der Waals surface area contributed by atoms with Crippen LogP contribution in [0.3, 0.4) is 0 Å². The van der Waals surface area contributed by atoms with E-state index in [4.69, 9.17) is 16.3 Å². The van der Waals surface area contributed by atoms with E-state index in [0.29, 0.717) is 6.61 Å². The second-order valence-corrected chi connectivity index (χ2v) is 5.24. The van der Waals surface area contributed by atoms with E-state index in [1.807, 2.05) is 25.1 Å². The minimum absolute atomic E-state index is 0.110. The number of halogens is 1. The zero-order valence-electron chi connectivity index (χ0n) is 10.7. The number of aryl methyl sites for hydroxylation is 1. The molecule has 1 heterocycles. The Morgan fingerprint density at radius 2 is 2.11 bits per heavy atom. The number of hydrogen-bond acceptors (Lipinski definition) is 3. The van der Waals surface area contributed by atoms with Crippen LogP contribution >= 0.6 is 11.6 Å². The first-order chi connectivity index (χ1) is 8.65. The van der Waals surface area contributed by atoms with Gasteiger partial charge in [-0.2, -0.15) is 0 Å². The van der Waals surface area contributed by atoms with Crippen molar-refractivity contribution < 1.29 is 9.84 Å². The lowest BCUT2D eigenvalue weighted by Gasteiger charge is -2.29. The topological polar surface area (TPSA) is 32.7 Å². The Kier molecular flexibility index (Phi) is 4.87. The van der Waals surface area contributed by atoms with Crippen LogP contribution in [0.2, 0.25) is 5.02 Å². The first kappa shape index (κ1) is 13.7. The monoisotopic (exact) mass is 269 g/mol. The molecular weight excluding hydrogens is 250 g/mol. The zero-order chi connectivity index (χ0) is 13.0. The number of aliphatic hydroxyl groups is 1. The number of likely N-dealkylation sites (tertiary alicyclic amines) is 1. The molecule has 1 aromatic rings. The Hall–Kier alpha value is -0.770. The predicted octanol–water partition coefficient (Wildman–Crippen LogP) is 2.48. The molecule has 4 heteroatoms. The maximum atomic E-state index is 9.42. The summed E-state index contributed by atoms with van der Waals surface area (Å²) in [5.41, 5.74) is 1.04. The number of benzene rings is 1. The fourth-order valence-corrected chi connectivity index (χ4v) is 2.26. The number of aliphatic hydroxyl groups excluding tert-OH is 1. The molecule has 2 rings (SSSR count). The number of hydrogen-bond donors (Lipinski definition) is 1. The van der Waals surface area contributed by atoms with Crippen molar-refractivity contribution in [1.29, 1.82) is 0 Å². The van der Waals surface area contributed by atoms with Gasteiger partial charge in [0.15, 0.2) is 0 Å². The third kappa shape index (κ3) is 3.87. The first-order valence-corrected chi connectivity index (χ1v) is 6.82. The molecule has 0 amide bonds. The Labute approximate surface area is 113 Å². The van der Waals surface area contributed by atoms with E-state index in [9.17, 15) is 5.11 Å². The van der Waals surface area contributed by atoms with Crippen molar-refractivity contribution in [2.24, 2.45) is 0 Å². The summed E-state index contributed by atoms with van der Waals surface area (Å²) in [6, 6.07) is 5.72. The van der Waals surface area contributed by atoms with Crippen molar-refractivity contribution in [1.82, 2.24) is 4.90 Å². The van der Waals surface area contributed by atoms with Gasteiger partial charge >= 0.3 is 0 Å². The molecule has 1 aromatic carbocycles. The average Bonchev–Trinajstić information content (AvgIpc) is 2.36. The maximum Gasteiger partial charge on any atom is 0.119 e. The number of nitrogens with zero attached hydrogens (tertiary/aromatic N) is 1. The molecule has 0 bridgehead atoms. The lowest BCUT2D eigenvalue weighted by atomic mass is 10.1. The van der Waals surface area contributed by atoms with Gasteiger partial charge < -0.3 is 9.84 Å². The first-order valence-electron chi connectivity index (χ1n) is 6.44. The molecule has 1 N–H and O–H groups in total. The highest BCUT2D eigenvalue weighted by Gasteiger charge is 2.16. The lowest BCUT2D eigenvalue weighted by molar-refractivity contribution is 0.0755. The normalized spacial score (nSPS) is 17.9. The van der Waals surface area contributed by atoms with Crippen molar-refractivity contribution in [2.45, 2.75) is 25.9 Å². The van der Waals surface area contributed by atoms with Gasteiger partial charge in [0, 0.05) is 24.7 Å². The lowest BCUT2D eigenvalue weighted by Crippen LogP contribution is -2.38. The molecule has 0 aliphatic carbocycles. The Bertz CT molecular complexity index is 389. The molecule has 0 atom stereocenters. The summed E-state index contributed by atoms with van der Waals surface area (Å²) in [7, 11) is 0. The molecular formula is C14H20ClNO2. The molecule has 0 spiro atoms. The molecule has 0 saturated carbocycles. The minimum Gasteiger partial charge on any atom is -0.492 e. The SMILES string of the molecule is Cc1cc(OCCN2CCC(O)CC2)ccc1Cl. The van der Waals surface area contributed by atoms with Crippen LogP contribution in [0.1, 0.15) is 18.4 Å². The van der Waals surface area contributed by atoms with E-state index in [1.54, 1.807) is 0 Å². The molecule has 1 aliphatic heterocycles. The van der Waals surface area contributed by atoms with E-state index in [2.05, 4.69) is 4.90 Å². The number of ether oxygens (including phenoxy) is 1. The Morgan fingerprint density at radius 3 is 2.78 bits per heavy atom. The van der Waals surface area contributed by atoms with Crippen molar-refractivity contribution in [3.8, 4) is 5.75 Å². The van der Waals surface area contributed by atoms with Gasteiger partial charge in [-0.05, 0) is 43.5 Å². The highest BCUT2D eigenvalue weighted by molar-refractivity contribution is 6.31. The van der Waals surface area contributed by atoms with Crippen LogP contribution in [0.15, 0.2) is 18.2 Å². The molecule has 3 nitrogen and oxygen atoms in total. The average molecular weight is 270 g/mol. The van der Waals surface area contributed by atoms with Gasteiger partial charge in [0.05, 0.1) is 6.10 Å². The van der Waals surface area contributed by atoms with Crippen molar-refractivity contribution in [3.63, 3.8) is 0 Å². The Morgan fingerprint density at radius 1 is 1.39 bits per heavy atom. The Balaban J connectivity index is 1.73. The van der Waals surface area contributed by atoms with E-state index >= 15 is 0 Å². The summed E-state index contributed by atoms with van der Waals surface area (Å²) in [4.78, 5) is 2.33. The fourth-order valence-electron chi connectivity index (χ4n) is 2.14. The molecule has 18 heavy (non-hydrogen) atoms. The van der Waals surface area contributed by atoms with Crippen LogP contribution in [0, 0.1) is 6.92 Å². The quantitative estimate of drug-likeness (QED) is 0.912. The van der Waals surface area contributed by atoms with Crippen LogP contribution < -0.4 is 4.74 Å². The largest absolute Gasteiger partial charge is 0.492 e. The van der Waals surface area contributed by atoms with E-state index < -0.39 is 0 Å². The predicted molar refractivity (Wildman–Crippen MR) is 73.4 cm³/mol. The minimum atomic E-state index is -0.110. The number of piperidine rings is 1. The molecule has 1 fully saturated rings. The maximum absolute atomic E-state index is 9.42. The van der Waals surface area contributed by atoms with E-state index in [0.717, 1.165) is 48.8 Å². The zero-order valence-corrected chi connectivity index (χ0v) is 11.5. The third-order valence-corrected chi connectivity index (χ3v) is 3.79. The highest BCUT2D eigenvalue weighted by Crippen LogP contribution is 2.21. The summed E-state index contributed by atoms with van der Waals surface area (Å²) in [6.45, 7) is 5.49. The molecule has 1 saturated heterocycles. The molecule has 0 radical (unpaired) electrons. The smallest absolute Gasteiger partial charge is 0.119 e. The van der Waals surface area contributed by atoms with Crippen LogP contribution in [-0.2, 0) is 0 Å². The second-order valence-electron chi connectivity index (χ2n) is 4.83. The van der Waals surface area contributed by atoms with Gasteiger partial charge in [0.2, 0.25) is 0 Å². The molecule has 0 unspecified atom stereocenters. The van der Waals surface area contributed by atoms with Crippen molar-refractivity contribution in [2.75, 3.05) is 26.2 Å². The number of rotatable bonds is 4. The fraction of sp³-hybridized carbons (Fsp3) is 0.571.